The van der Waals surface area contributed by atoms with Gasteiger partial charge >= 0.3 is 6.36 Å². The van der Waals surface area contributed by atoms with Crippen molar-refractivity contribution in [2.75, 3.05) is 6.61 Å². The zero-order chi connectivity index (χ0) is 23.2. The predicted octanol–water partition coefficient (Wildman–Crippen LogP) is 2.86. The van der Waals surface area contributed by atoms with Crippen molar-refractivity contribution in [2.45, 2.75) is 18.3 Å². The summed E-state index contributed by atoms with van der Waals surface area (Å²) in [4.78, 5) is 32.2. The summed E-state index contributed by atoms with van der Waals surface area (Å²) in [6, 6.07) is 8.74. The van der Waals surface area contributed by atoms with Crippen LogP contribution >= 0.6 is 0 Å². The number of alkyl halides is 3. The van der Waals surface area contributed by atoms with Crippen LogP contribution in [0.5, 0.6) is 11.5 Å². The van der Waals surface area contributed by atoms with E-state index in [4.69, 9.17) is 14.6 Å². The summed E-state index contributed by atoms with van der Waals surface area (Å²) < 4.78 is 47.0. The summed E-state index contributed by atoms with van der Waals surface area (Å²) in [5.74, 6) is -0.259. The zero-order valence-electron chi connectivity index (χ0n) is 16.3. The van der Waals surface area contributed by atoms with Crippen LogP contribution in [0.1, 0.15) is 28.3 Å². The van der Waals surface area contributed by atoms with Crippen molar-refractivity contribution in [1.82, 2.24) is 20.3 Å². The number of H-pyrrole nitrogens is 1. The number of imidazole rings is 1. The number of rotatable bonds is 4. The molecule has 3 aromatic rings. The number of hydrogen-bond acceptors (Lipinski definition) is 6. The SMILES string of the molecule is O=C(NC1(c2ccc(OC(F)(F)F)cc2)CCOc2cccnc21)c1ncc[nH]1.O=CO. The lowest BCUT2D eigenvalue weighted by Crippen LogP contribution is -2.50. The minimum Gasteiger partial charge on any atom is -0.491 e. The zero-order valence-corrected chi connectivity index (χ0v) is 16.3. The van der Waals surface area contributed by atoms with E-state index in [0.717, 1.165) is 0 Å². The number of pyridine rings is 1. The summed E-state index contributed by atoms with van der Waals surface area (Å²) in [6.07, 6.45) is 0.0486. The number of hydrogen-bond donors (Lipinski definition) is 3. The fourth-order valence-corrected chi connectivity index (χ4v) is 3.32. The van der Waals surface area contributed by atoms with Crippen LogP contribution in [0.25, 0.3) is 0 Å². The standard InChI is InChI=1S/C19H15F3N4O3.CH2O2/c20-19(21,22)29-13-5-3-12(4-6-13)18(26-17(27)16-24-9-10-25-16)7-11-28-14-2-1-8-23-15(14)18;2-1-3/h1-6,8-10H,7,11H2,(H,24,25)(H,26,27);1H,(H,2,3). The minimum atomic E-state index is -4.79. The molecular formula is C20H17F3N4O5. The van der Waals surface area contributed by atoms with Crippen LogP contribution in [-0.2, 0) is 10.3 Å². The van der Waals surface area contributed by atoms with Gasteiger partial charge in [-0.15, -0.1) is 13.2 Å². The summed E-state index contributed by atoms with van der Waals surface area (Å²) >= 11 is 0. The molecule has 1 amide bonds. The number of fused-ring (bicyclic) bond motifs is 1. The summed E-state index contributed by atoms with van der Waals surface area (Å²) in [5.41, 5.74) is -0.124. The molecule has 0 radical (unpaired) electrons. The molecule has 32 heavy (non-hydrogen) atoms. The van der Waals surface area contributed by atoms with Gasteiger partial charge in [-0.05, 0) is 29.8 Å². The second-order valence-corrected chi connectivity index (χ2v) is 6.42. The first-order valence-electron chi connectivity index (χ1n) is 9.13. The topological polar surface area (TPSA) is 126 Å². The number of carbonyl (C=O) groups excluding carboxylic acids is 1. The molecule has 0 saturated carbocycles. The maximum absolute atomic E-state index is 12.8. The second kappa shape index (κ2) is 9.37. The normalized spacial score (nSPS) is 17.1. The van der Waals surface area contributed by atoms with Gasteiger partial charge in [0.2, 0.25) is 0 Å². The van der Waals surface area contributed by atoms with E-state index in [1.54, 1.807) is 18.3 Å². The maximum atomic E-state index is 12.8. The van der Waals surface area contributed by atoms with Crippen LogP contribution in [-0.4, -0.2) is 45.4 Å². The van der Waals surface area contributed by atoms with Crippen molar-refractivity contribution in [2.24, 2.45) is 0 Å². The fourth-order valence-electron chi connectivity index (χ4n) is 3.32. The van der Waals surface area contributed by atoms with E-state index in [-0.39, 0.29) is 24.7 Å². The minimum absolute atomic E-state index is 0.102. The Hall–Kier alpha value is -4.09. The smallest absolute Gasteiger partial charge is 0.491 e. The number of aromatic amines is 1. The van der Waals surface area contributed by atoms with Crippen molar-refractivity contribution >= 4 is 12.4 Å². The molecule has 0 bridgehead atoms. The lowest BCUT2D eigenvalue weighted by Gasteiger charge is -2.38. The van der Waals surface area contributed by atoms with Crippen molar-refractivity contribution < 1.29 is 37.3 Å². The van der Waals surface area contributed by atoms with Gasteiger partial charge in [0.05, 0.1) is 6.61 Å². The van der Waals surface area contributed by atoms with Gasteiger partial charge < -0.3 is 24.9 Å². The predicted molar refractivity (Wildman–Crippen MR) is 103 cm³/mol. The highest BCUT2D eigenvalue weighted by molar-refractivity contribution is 5.91. The van der Waals surface area contributed by atoms with Gasteiger partial charge in [-0.1, -0.05) is 12.1 Å². The van der Waals surface area contributed by atoms with Gasteiger partial charge in [0.15, 0.2) is 5.82 Å². The highest BCUT2D eigenvalue weighted by Crippen LogP contribution is 2.41. The maximum Gasteiger partial charge on any atom is 0.573 e. The van der Waals surface area contributed by atoms with Crippen LogP contribution in [0.15, 0.2) is 55.0 Å². The van der Waals surface area contributed by atoms with Gasteiger partial charge in [-0.2, -0.15) is 0 Å². The van der Waals surface area contributed by atoms with Crippen LogP contribution in [0.2, 0.25) is 0 Å². The van der Waals surface area contributed by atoms with E-state index in [2.05, 4.69) is 25.0 Å². The lowest BCUT2D eigenvalue weighted by atomic mass is 9.81. The van der Waals surface area contributed by atoms with E-state index in [9.17, 15) is 18.0 Å². The molecule has 0 spiro atoms. The number of carboxylic acid groups (broad SMARTS) is 1. The molecule has 1 aliphatic rings. The highest BCUT2D eigenvalue weighted by Gasteiger charge is 2.43. The molecule has 0 fully saturated rings. The Labute approximate surface area is 179 Å². The van der Waals surface area contributed by atoms with Crippen molar-refractivity contribution in [3.05, 3.63) is 72.1 Å². The molecule has 2 aromatic heterocycles. The van der Waals surface area contributed by atoms with Crippen LogP contribution in [0.3, 0.4) is 0 Å². The lowest BCUT2D eigenvalue weighted by molar-refractivity contribution is -0.274. The number of halogens is 3. The Kier molecular flexibility index (Phi) is 6.61. The van der Waals surface area contributed by atoms with Crippen LogP contribution in [0.4, 0.5) is 13.2 Å². The number of amides is 1. The van der Waals surface area contributed by atoms with Crippen LogP contribution in [0, 0.1) is 0 Å². The first-order valence-corrected chi connectivity index (χ1v) is 9.13. The molecule has 1 aromatic carbocycles. The van der Waals surface area contributed by atoms with Crippen molar-refractivity contribution in [1.29, 1.82) is 0 Å². The third-order valence-corrected chi connectivity index (χ3v) is 4.53. The molecule has 9 nitrogen and oxygen atoms in total. The van der Waals surface area contributed by atoms with Gasteiger partial charge in [0, 0.05) is 25.0 Å². The summed E-state index contributed by atoms with van der Waals surface area (Å²) in [7, 11) is 0. The van der Waals surface area contributed by atoms with Gasteiger partial charge in [0.1, 0.15) is 22.7 Å². The Bertz CT molecular complexity index is 1060. The monoisotopic (exact) mass is 450 g/mol. The van der Waals surface area contributed by atoms with E-state index >= 15 is 0 Å². The van der Waals surface area contributed by atoms with E-state index in [0.29, 0.717) is 23.4 Å². The van der Waals surface area contributed by atoms with Crippen LogP contribution < -0.4 is 14.8 Å². The molecule has 1 aliphatic heterocycles. The third kappa shape index (κ3) is 4.96. The Balaban J connectivity index is 0.000000913. The highest BCUT2D eigenvalue weighted by atomic mass is 19.4. The number of benzene rings is 1. The first-order chi connectivity index (χ1) is 15.3. The summed E-state index contributed by atoms with van der Waals surface area (Å²) in [6.45, 7) is 0.0257. The third-order valence-electron chi connectivity index (χ3n) is 4.53. The molecular weight excluding hydrogens is 433 g/mol. The van der Waals surface area contributed by atoms with Crippen molar-refractivity contribution in [3.8, 4) is 11.5 Å². The van der Waals surface area contributed by atoms with Gasteiger partial charge in [0.25, 0.3) is 12.4 Å². The molecule has 0 aliphatic carbocycles. The quantitative estimate of drug-likeness (QED) is 0.522. The fraction of sp³-hybridized carbons (Fsp3) is 0.200. The number of nitrogens with one attached hydrogen (secondary N) is 2. The number of aromatic nitrogens is 3. The molecule has 168 valence electrons. The average molecular weight is 450 g/mol. The van der Waals surface area contributed by atoms with Gasteiger partial charge in [-0.25, -0.2) is 4.98 Å². The van der Waals surface area contributed by atoms with E-state index in [1.165, 1.54) is 36.7 Å². The molecule has 12 heteroatoms. The molecule has 3 heterocycles. The number of carbonyl (C=O) groups is 2. The Morgan fingerprint density at radius 1 is 1.22 bits per heavy atom. The number of nitrogens with zero attached hydrogens (tertiary/aromatic N) is 2. The Morgan fingerprint density at radius 2 is 1.94 bits per heavy atom. The molecule has 4 rings (SSSR count). The number of ether oxygens (including phenoxy) is 2. The van der Waals surface area contributed by atoms with E-state index in [1.807, 2.05) is 0 Å². The van der Waals surface area contributed by atoms with Gasteiger partial charge in [-0.3, -0.25) is 14.6 Å². The largest absolute Gasteiger partial charge is 0.573 e. The van der Waals surface area contributed by atoms with E-state index < -0.39 is 17.8 Å². The molecule has 3 N–H and O–H groups in total. The molecule has 1 unspecified atom stereocenters. The first kappa shape index (κ1) is 22.6. The second-order valence-electron chi connectivity index (χ2n) is 6.42. The van der Waals surface area contributed by atoms with Crippen molar-refractivity contribution in [3.63, 3.8) is 0 Å². The molecule has 0 saturated heterocycles. The Morgan fingerprint density at radius 3 is 2.56 bits per heavy atom. The summed E-state index contributed by atoms with van der Waals surface area (Å²) in [5, 5.41) is 9.83. The average Bonchev–Trinajstić information content (AvgIpc) is 3.29. The molecule has 1 atom stereocenters.